The summed E-state index contributed by atoms with van der Waals surface area (Å²) in [5.74, 6) is -0.119. The Balaban J connectivity index is 1.81. The van der Waals surface area contributed by atoms with Gasteiger partial charge in [0, 0.05) is 4.90 Å². The molecule has 0 fully saturated rings. The Labute approximate surface area is 158 Å². The van der Waals surface area contributed by atoms with E-state index in [-0.39, 0.29) is 12.4 Å². The van der Waals surface area contributed by atoms with Crippen LogP contribution in [0.4, 0.5) is 5.69 Å². The number of hydrogen-bond acceptors (Lipinski definition) is 5. The topological polar surface area (TPSA) is 64.6 Å². The zero-order valence-electron chi connectivity index (χ0n) is 15.4. The lowest BCUT2D eigenvalue weighted by atomic mass is 10.2. The molecule has 0 heterocycles. The van der Waals surface area contributed by atoms with Crippen LogP contribution in [0.5, 0.6) is 5.75 Å². The third-order valence-corrected chi connectivity index (χ3v) is 4.82. The van der Waals surface area contributed by atoms with Crippen LogP contribution in [0.2, 0.25) is 0 Å². The van der Waals surface area contributed by atoms with Crippen LogP contribution < -0.4 is 10.1 Å². The molecule has 2 rings (SSSR count). The number of aryl methyl sites for hydroxylation is 3. The van der Waals surface area contributed by atoms with Gasteiger partial charge in [-0.2, -0.15) is 0 Å². The number of carbonyl (C=O) groups excluding carboxylic acids is 2. The van der Waals surface area contributed by atoms with E-state index in [1.165, 1.54) is 24.4 Å². The van der Waals surface area contributed by atoms with E-state index < -0.39 is 11.9 Å². The van der Waals surface area contributed by atoms with Gasteiger partial charge < -0.3 is 14.8 Å². The van der Waals surface area contributed by atoms with Crippen molar-refractivity contribution in [2.75, 3.05) is 24.8 Å². The zero-order valence-corrected chi connectivity index (χ0v) is 16.2. The highest BCUT2D eigenvalue weighted by molar-refractivity contribution is 8.00. The zero-order chi connectivity index (χ0) is 19.1. The molecule has 2 aromatic rings. The van der Waals surface area contributed by atoms with Crippen LogP contribution in [-0.2, 0) is 14.3 Å². The van der Waals surface area contributed by atoms with Crippen molar-refractivity contribution in [2.24, 2.45) is 0 Å². The summed E-state index contributed by atoms with van der Waals surface area (Å²) < 4.78 is 10.3. The Morgan fingerprint density at radius 2 is 1.73 bits per heavy atom. The third-order valence-electron chi connectivity index (χ3n) is 3.67. The fourth-order valence-electron chi connectivity index (χ4n) is 2.39. The van der Waals surface area contributed by atoms with Crippen molar-refractivity contribution in [1.82, 2.24) is 0 Å². The highest BCUT2D eigenvalue weighted by atomic mass is 32.2. The van der Waals surface area contributed by atoms with Crippen LogP contribution in [0.25, 0.3) is 0 Å². The molecule has 0 saturated carbocycles. The van der Waals surface area contributed by atoms with Crippen LogP contribution >= 0.6 is 11.8 Å². The highest BCUT2D eigenvalue weighted by Crippen LogP contribution is 2.25. The Bertz CT molecular complexity index is 804. The van der Waals surface area contributed by atoms with Crippen LogP contribution in [0.15, 0.2) is 41.3 Å². The minimum absolute atomic E-state index is 0.158. The van der Waals surface area contributed by atoms with Crippen LogP contribution in [0.1, 0.15) is 16.7 Å². The van der Waals surface area contributed by atoms with Crippen molar-refractivity contribution in [2.45, 2.75) is 25.7 Å². The first-order chi connectivity index (χ1) is 12.4. The summed E-state index contributed by atoms with van der Waals surface area (Å²) in [4.78, 5) is 24.9. The lowest BCUT2D eigenvalue weighted by Gasteiger charge is -2.11. The summed E-state index contributed by atoms with van der Waals surface area (Å²) >= 11 is 1.40. The molecule has 0 aliphatic rings. The summed E-state index contributed by atoms with van der Waals surface area (Å²) in [5.41, 5.74) is 3.84. The molecule has 0 spiro atoms. The molecule has 0 bridgehead atoms. The summed E-state index contributed by atoms with van der Waals surface area (Å²) in [7, 11) is 1.53. The molecule has 0 aromatic heterocycles. The third kappa shape index (κ3) is 5.81. The van der Waals surface area contributed by atoms with Crippen molar-refractivity contribution in [1.29, 1.82) is 0 Å². The molecule has 6 heteroatoms. The molecule has 0 aliphatic carbocycles. The predicted molar refractivity (Wildman–Crippen MR) is 104 cm³/mol. The largest absolute Gasteiger partial charge is 0.495 e. The molecule has 0 atom stereocenters. The number of thioether (sulfide) groups is 1. The number of amides is 1. The monoisotopic (exact) mass is 373 g/mol. The van der Waals surface area contributed by atoms with Gasteiger partial charge in [-0.3, -0.25) is 9.59 Å². The summed E-state index contributed by atoms with van der Waals surface area (Å²) in [6.07, 6.45) is 0. The summed E-state index contributed by atoms with van der Waals surface area (Å²) in [6, 6.07) is 11.5. The number of hydrogen-bond donors (Lipinski definition) is 1. The maximum Gasteiger partial charge on any atom is 0.316 e. The normalized spacial score (nSPS) is 10.3. The Hall–Kier alpha value is -2.47. The van der Waals surface area contributed by atoms with E-state index in [0.29, 0.717) is 11.4 Å². The van der Waals surface area contributed by atoms with E-state index in [0.717, 1.165) is 16.0 Å². The molecule has 26 heavy (non-hydrogen) atoms. The van der Waals surface area contributed by atoms with Gasteiger partial charge in [0.1, 0.15) is 5.75 Å². The van der Waals surface area contributed by atoms with Crippen LogP contribution in [-0.4, -0.2) is 31.3 Å². The number of ether oxygens (including phenoxy) is 2. The number of benzene rings is 2. The van der Waals surface area contributed by atoms with Gasteiger partial charge in [0.15, 0.2) is 6.61 Å². The number of anilines is 1. The van der Waals surface area contributed by atoms with Crippen molar-refractivity contribution >= 4 is 29.3 Å². The highest BCUT2D eigenvalue weighted by Gasteiger charge is 2.12. The molecular formula is C20H23NO4S. The Morgan fingerprint density at radius 3 is 2.42 bits per heavy atom. The van der Waals surface area contributed by atoms with E-state index in [9.17, 15) is 9.59 Å². The average molecular weight is 373 g/mol. The molecule has 2 aromatic carbocycles. The van der Waals surface area contributed by atoms with Gasteiger partial charge >= 0.3 is 5.97 Å². The smallest absolute Gasteiger partial charge is 0.316 e. The molecular weight excluding hydrogens is 350 g/mol. The van der Waals surface area contributed by atoms with Crippen LogP contribution in [0, 0.1) is 20.8 Å². The molecule has 0 unspecified atom stereocenters. The molecule has 0 radical (unpaired) electrons. The Kier molecular flexibility index (Phi) is 7.09. The van der Waals surface area contributed by atoms with Gasteiger partial charge in [0.25, 0.3) is 5.91 Å². The maximum absolute atomic E-state index is 12.0. The van der Waals surface area contributed by atoms with E-state index in [2.05, 4.69) is 11.4 Å². The number of carbonyl (C=O) groups is 2. The van der Waals surface area contributed by atoms with Crippen LogP contribution in [0.3, 0.4) is 0 Å². The van der Waals surface area contributed by atoms with Crippen molar-refractivity contribution in [3.05, 3.63) is 53.1 Å². The molecule has 1 N–H and O–H groups in total. The first-order valence-electron chi connectivity index (χ1n) is 8.19. The molecule has 5 nitrogen and oxygen atoms in total. The van der Waals surface area contributed by atoms with Gasteiger partial charge in [0.05, 0.1) is 18.6 Å². The maximum atomic E-state index is 12.0. The van der Waals surface area contributed by atoms with E-state index in [1.807, 2.05) is 39.0 Å². The number of esters is 1. The van der Waals surface area contributed by atoms with Gasteiger partial charge in [-0.05, 0) is 50.1 Å². The van der Waals surface area contributed by atoms with Crippen molar-refractivity contribution in [3.8, 4) is 5.75 Å². The lowest BCUT2D eigenvalue weighted by Crippen LogP contribution is -2.22. The number of nitrogens with one attached hydrogen (secondary N) is 1. The van der Waals surface area contributed by atoms with Gasteiger partial charge in [-0.25, -0.2) is 0 Å². The minimum Gasteiger partial charge on any atom is -0.495 e. The first kappa shape index (κ1) is 19.8. The summed E-state index contributed by atoms with van der Waals surface area (Å²) in [6.45, 7) is 5.61. The quantitative estimate of drug-likeness (QED) is 0.589. The standard InChI is InChI=1S/C20H23NO4S/c1-13-6-8-18(15(3)9-13)26-12-20(23)25-11-19(22)21-16-10-14(2)5-7-17(16)24-4/h5-10H,11-12H2,1-4H3,(H,21,22). The summed E-state index contributed by atoms with van der Waals surface area (Å²) in [5, 5.41) is 2.70. The number of rotatable bonds is 7. The predicted octanol–water partition coefficient (Wildman–Crippen LogP) is 3.89. The van der Waals surface area contributed by atoms with E-state index in [4.69, 9.17) is 9.47 Å². The minimum atomic E-state index is -0.429. The first-order valence-corrected chi connectivity index (χ1v) is 9.17. The van der Waals surface area contributed by atoms with Gasteiger partial charge in [0.2, 0.25) is 0 Å². The van der Waals surface area contributed by atoms with E-state index >= 15 is 0 Å². The van der Waals surface area contributed by atoms with Gasteiger partial charge in [-0.1, -0.05) is 23.8 Å². The van der Waals surface area contributed by atoms with Crippen molar-refractivity contribution < 1.29 is 19.1 Å². The Morgan fingerprint density at radius 1 is 1.04 bits per heavy atom. The number of methoxy groups -OCH3 is 1. The fourth-order valence-corrected chi connectivity index (χ4v) is 3.20. The lowest BCUT2D eigenvalue weighted by molar-refractivity contribution is -0.144. The SMILES string of the molecule is COc1ccc(C)cc1NC(=O)COC(=O)CSc1ccc(C)cc1C. The van der Waals surface area contributed by atoms with Gasteiger partial charge in [-0.15, -0.1) is 11.8 Å². The second-order valence-electron chi connectivity index (χ2n) is 5.97. The molecule has 138 valence electrons. The molecule has 0 saturated heterocycles. The second kappa shape index (κ2) is 9.29. The van der Waals surface area contributed by atoms with E-state index in [1.54, 1.807) is 12.1 Å². The molecule has 1 amide bonds. The van der Waals surface area contributed by atoms with Crippen molar-refractivity contribution in [3.63, 3.8) is 0 Å². The fraction of sp³-hybridized carbons (Fsp3) is 0.300. The second-order valence-corrected chi connectivity index (χ2v) is 6.99. The average Bonchev–Trinajstić information content (AvgIpc) is 2.59. The molecule has 0 aliphatic heterocycles.